The molecule has 0 aromatic heterocycles. The second kappa shape index (κ2) is 15.0. The van der Waals surface area contributed by atoms with Crippen LogP contribution in [0.2, 0.25) is 0 Å². The van der Waals surface area contributed by atoms with E-state index in [0.717, 1.165) is 54.6 Å². The number of likely N-dealkylation sites (N-methyl/N-ethyl adjacent to an activating group) is 2. The van der Waals surface area contributed by atoms with Crippen molar-refractivity contribution < 1.29 is 19.1 Å². The fourth-order valence-electron chi connectivity index (χ4n) is 5.41. The fourth-order valence-corrected chi connectivity index (χ4v) is 5.41. The molecular weight excluding hydrogens is 552 g/mol. The first-order chi connectivity index (χ1) is 21.0. The number of piperidine rings is 1. The van der Waals surface area contributed by atoms with Gasteiger partial charge in [0.15, 0.2) is 0 Å². The summed E-state index contributed by atoms with van der Waals surface area (Å²) in [5.41, 5.74) is 6.33. The number of carbonyl (C=O) groups is 3. The van der Waals surface area contributed by atoms with Gasteiger partial charge in [0.25, 0.3) is 5.91 Å². The number of amides is 3. The zero-order chi connectivity index (χ0) is 31.7. The van der Waals surface area contributed by atoms with Gasteiger partial charge in [0.2, 0.25) is 5.91 Å². The molecule has 4 rings (SSSR count). The van der Waals surface area contributed by atoms with Crippen molar-refractivity contribution in [1.29, 1.82) is 0 Å². The highest BCUT2D eigenvalue weighted by Gasteiger charge is 2.37. The molecule has 3 aromatic rings. The molecule has 1 saturated heterocycles. The Labute approximate surface area is 262 Å². The molecule has 0 saturated carbocycles. The average molecular weight is 599 g/mol. The summed E-state index contributed by atoms with van der Waals surface area (Å²) in [6.45, 7) is 6.95. The second-order valence-corrected chi connectivity index (χ2v) is 12.6. The van der Waals surface area contributed by atoms with Gasteiger partial charge in [-0.2, -0.15) is 0 Å². The Bertz CT molecular complexity index is 1370. The molecule has 8 nitrogen and oxygen atoms in total. The van der Waals surface area contributed by atoms with Crippen molar-refractivity contribution in [3.05, 3.63) is 96.1 Å². The monoisotopic (exact) mass is 598 g/mol. The van der Waals surface area contributed by atoms with Crippen molar-refractivity contribution in [2.75, 3.05) is 27.2 Å². The summed E-state index contributed by atoms with van der Waals surface area (Å²) in [4.78, 5) is 44.2. The van der Waals surface area contributed by atoms with E-state index in [4.69, 9.17) is 4.74 Å². The third-order valence-corrected chi connectivity index (χ3v) is 7.94. The van der Waals surface area contributed by atoms with Crippen LogP contribution in [-0.2, 0) is 27.2 Å². The number of hydrogen-bond acceptors (Lipinski definition) is 5. The van der Waals surface area contributed by atoms with Crippen molar-refractivity contribution >= 4 is 17.9 Å². The van der Waals surface area contributed by atoms with Crippen LogP contribution in [0.1, 0.15) is 51.2 Å². The first-order valence-corrected chi connectivity index (χ1v) is 15.5. The predicted molar refractivity (Wildman–Crippen MR) is 174 cm³/mol. The van der Waals surface area contributed by atoms with Crippen LogP contribution < -0.4 is 5.43 Å². The normalized spacial score (nSPS) is 15.1. The lowest BCUT2D eigenvalue weighted by atomic mass is 9.98. The number of carbonyl (C=O) groups excluding carboxylic acids is 3. The Morgan fingerprint density at radius 3 is 1.84 bits per heavy atom. The second-order valence-electron chi connectivity index (χ2n) is 12.6. The van der Waals surface area contributed by atoms with Crippen molar-refractivity contribution in [2.24, 2.45) is 0 Å². The minimum Gasteiger partial charge on any atom is -0.444 e. The Kier molecular flexibility index (Phi) is 11.2. The highest BCUT2D eigenvalue weighted by Crippen LogP contribution is 2.22. The smallest absolute Gasteiger partial charge is 0.410 e. The van der Waals surface area contributed by atoms with E-state index in [1.54, 1.807) is 34.9 Å². The SMILES string of the molecule is CN(C(=O)OC(C)(C)C)[C@H](Cc1ccc(-c2ccccc2)cc1)C(=O)N(C)[C@H](Cc1ccccc1)C(=O)NN1CCCCC1. The number of nitrogens with zero attached hydrogens (tertiary/aromatic N) is 3. The minimum absolute atomic E-state index is 0.238. The molecule has 0 radical (unpaired) electrons. The topological polar surface area (TPSA) is 82.2 Å². The number of rotatable bonds is 10. The third kappa shape index (κ3) is 9.16. The molecule has 1 fully saturated rings. The molecule has 1 heterocycles. The molecule has 1 N–H and O–H groups in total. The average Bonchev–Trinajstić information content (AvgIpc) is 3.02. The highest BCUT2D eigenvalue weighted by atomic mass is 16.6. The van der Waals surface area contributed by atoms with Gasteiger partial charge >= 0.3 is 6.09 Å². The van der Waals surface area contributed by atoms with E-state index >= 15 is 0 Å². The van der Waals surface area contributed by atoms with E-state index in [1.165, 1.54) is 9.80 Å². The number of hydrogen-bond donors (Lipinski definition) is 1. The molecule has 0 spiro atoms. The Balaban J connectivity index is 1.61. The summed E-state index contributed by atoms with van der Waals surface area (Å²) >= 11 is 0. The third-order valence-electron chi connectivity index (χ3n) is 7.94. The number of ether oxygens (including phenoxy) is 1. The van der Waals surface area contributed by atoms with Crippen LogP contribution in [0.5, 0.6) is 0 Å². The molecule has 44 heavy (non-hydrogen) atoms. The van der Waals surface area contributed by atoms with Crippen molar-refractivity contribution in [2.45, 2.75) is 70.6 Å². The van der Waals surface area contributed by atoms with Crippen molar-refractivity contribution in [3.63, 3.8) is 0 Å². The van der Waals surface area contributed by atoms with Crippen LogP contribution in [0.3, 0.4) is 0 Å². The van der Waals surface area contributed by atoms with E-state index < -0.39 is 23.8 Å². The van der Waals surface area contributed by atoms with Gasteiger partial charge in [-0.05, 0) is 55.9 Å². The van der Waals surface area contributed by atoms with Crippen molar-refractivity contribution in [1.82, 2.24) is 20.2 Å². The lowest BCUT2D eigenvalue weighted by Crippen LogP contribution is -2.58. The van der Waals surface area contributed by atoms with Gasteiger partial charge in [-0.1, -0.05) is 91.3 Å². The molecule has 2 atom stereocenters. The summed E-state index contributed by atoms with van der Waals surface area (Å²) in [7, 11) is 3.24. The maximum atomic E-state index is 14.4. The Morgan fingerprint density at radius 1 is 0.727 bits per heavy atom. The van der Waals surface area contributed by atoms with Gasteiger partial charge in [-0.15, -0.1) is 0 Å². The zero-order valence-electron chi connectivity index (χ0n) is 26.7. The minimum atomic E-state index is -0.890. The number of benzene rings is 3. The van der Waals surface area contributed by atoms with Crippen LogP contribution in [0, 0.1) is 0 Å². The van der Waals surface area contributed by atoms with Gasteiger partial charge in [0.05, 0.1) is 0 Å². The summed E-state index contributed by atoms with van der Waals surface area (Å²) in [6, 6.07) is 26.1. The maximum Gasteiger partial charge on any atom is 0.410 e. The van der Waals surface area contributed by atoms with E-state index in [-0.39, 0.29) is 18.2 Å². The highest BCUT2D eigenvalue weighted by molar-refractivity contribution is 5.91. The lowest BCUT2D eigenvalue weighted by molar-refractivity contribution is -0.144. The predicted octanol–water partition coefficient (Wildman–Crippen LogP) is 5.72. The first kappa shape index (κ1) is 32.7. The Hall–Kier alpha value is -4.17. The van der Waals surface area contributed by atoms with E-state index in [0.29, 0.717) is 6.42 Å². The van der Waals surface area contributed by atoms with E-state index in [2.05, 4.69) is 5.43 Å². The molecule has 1 aliphatic heterocycles. The summed E-state index contributed by atoms with van der Waals surface area (Å²) < 4.78 is 5.66. The molecule has 0 aliphatic carbocycles. The fraction of sp³-hybridized carbons (Fsp3) is 0.417. The van der Waals surface area contributed by atoms with Crippen LogP contribution in [0.25, 0.3) is 11.1 Å². The zero-order valence-corrected chi connectivity index (χ0v) is 26.7. The quantitative estimate of drug-likeness (QED) is 0.323. The molecular formula is C36H46N4O4. The molecule has 3 amide bonds. The van der Waals surface area contributed by atoms with Crippen LogP contribution in [-0.4, -0.2) is 77.6 Å². The van der Waals surface area contributed by atoms with Crippen LogP contribution in [0.15, 0.2) is 84.9 Å². The molecule has 1 aliphatic rings. The first-order valence-electron chi connectivity index (χ1n) is 15.5. The molecule has 8 heteroatoms. The molecule has 3 aromatic carbocycles. The largest absolute Gasteiger partial charge is 0.444 e. The van der Waals surface area contributed by atoms with Gasteiger partial charge in [-0.3, -0.25) is 19.9 Å². The van der Waals surface area contributed by atoms with E-state index in [1.807, 2.05) is 89.9 Å². The number of nitrogens with one attached hydrogen (secondary N) is 1. The molecule has 234 valence electrons. The summed E-state index contributed by atoms with van der Waals surface area (Å²) in [6.07, 6.45) is 3.19. The summed E-state index contributed by atoms with van der Waals surface area (Å²) in [5, 5.41) is 1.95. The Morgan fingerprint density at radius 2 is 1.25 bits per heavy atom. The van der Waals surface area contributed by atoms with Gasteiger partial charge < -0.3 is 9.64 Å². The maximum absolute atomic E-state index is 14.4. The van der Waals surface area contributed by atoms with Crippen LogP contribution in [0.4, 0.5) is 4.79 Å². The van der Waals surface area contributed by atoms with Gasteiger partial charge in [-0.25, -0.2) is 9.80 Å². The molecule has 0 unspecified atom stereocenters. The van der Waals surface area contributed by atoms with Gasteiger partial charge in [0.1, 0.15) is 17.7 Å². The number of hydrazine groups is 1. The van der Waals surface area contributed by atoms with Gasteiger partial charge in [0, 0.05) is 40.0 Å². The van der Waals surface area contributed by atoms with E-state index in [9.17, 15) is 14.4 Å². The lowest BCUT2D eigenvalue weighted by Gasteiger charge is -2.36. The summed E-state index contributed by atoms with van der Waals surface area (Å²) in [5.74, 6) is -0.572. The standard InChI is InChI=1S/C36H46N4O4/c1-36(2,3)44-35(43)39(5)32(26-28-19-21-30(22-20-28)29-17-11-7-12-18-29)34(42)38(4)31(25-27-15-9-6-10-16-27)33(41)37-40-23-13-8-14-24-40/h6-7,9-12,15-22,31-32H,8,13-14,23-26H2,1-5H3,(H,37,41)/t31-,32-/m1/s1. The van der Waals surface area contributed by atoms with Crippen molar-refractivity contribution in [3.8, 4) is 11.1 Å². The molecule has 0 bridgehead atoms. The van der Waals surface area contributed by atoms with Crippen LogP contribution >= 0.6 is 0 Å².